The van der Waals surface area contributed by atoms with Gasteiger partial charge < -0.3 is 20.2 Å². The minimum atomic E-state index is -1.03. The highest BCUT2D eigenvalue weighted by atomic mass is 16.4. The normalized spacial score (nSPS) is 32.4. The van der Waals surface area contributed by atoms with E-state index in [9.17, 15) is 20.1 Å². The summed E-state index contributed by atoms with van der Waals surface area (Å²) in [7, 11) is 0. The lowest BCUT2D eigenvalue weighted by atomic mass is 9.94. The number of carbonyl (C=O) groups is 1. The molecule has 0 saturated carbocycles. The number of likely N-dealkylation sites (tertiary alicyclic amines) is 2. The summed E-state index contributed by atoms with van der Waals surface area (Å²) in [6.45, 7) is 5.28. The molecule has 1 unspecified atom stereocenters. The lowest BCUT2D eigenvalue weighted by Gasteiger charge is -2.40. The topological polar surface area (TPSA) is 84.2 Å². The Morgan fingerprint density at radius 2 is 1.67 bits per heavy atom. The molecule has 3 atom stereocenters. The van der Waals surface area contributed by atoms with Crippen LogP contribution in [0.15, 0.2) is 0 Å². The van der Waals surface area contributed by atoms with Crippen LogP contribution in [-0.4, -0.2) is 82.1 Å². The summed E-state index contributed by atoms with van der Waals surface area (Å²) >= 11 is 0. The number of carbonyl (C=O) groups excluding carboxylic acids is 1. The van der Waals surface area contributed by atoms with Gasteiger partial charge in [0.25, 0.3) is 0 Å². The molecule has 1 amide bonds. The van der Waals surface area contributed by atoms with Gasteiger partial charge in [0.05, 0.1) is 12.2 Å². The van der Waals surface area contributed by atoms with Crippen molar-refractivity contribution in [1.82, 2.24) is 9.80 Å². The fourth-order valence-corrected chi connectivity index (χ4v) is 3.33. The van der Waals surface area contributed by atoms with Crippen molar-refractivity contribution in [3.63, 3.8) is 0 Å². The smallest absolute Gasteiger partial charge is 0.222 e. The average molecular weight is 300 g/mol. The number of hydrogen-bond acceptors (Lipinski definition) is 5. The molecule has 6 heteroatoms. The van der Waals surface area contributed by atoms with Gasteiger partial charge in [-0.1, -0.05) is 6.92 Å². The molecule has 0 radical (unpaired) electrons. The lowest BCUT2D eigenvalue weighted by molar-refractivity contribution is -0.133. The Labute approximate surface area is 126 Å². The predicted molar refractivity (Wildman–Crippen MR) is 78.7 cm³/mol. The Kier molecular flexibility index (Phi) is 5.98. The van der Waals surface area contributed by atoms with E-state index in [1.54, 1.807) is 0 Å². The molecule has 0 bridgehead atoms. The van der Waals surface area contributed by atoms with Crippen molar-refractivity contribution in [2.75, 3.05) is 32.7 Å². The van der Waals surface area contributed by atoms with Crippen LogP contribution in [0.25, 0.3) is 0 Å². The second-order valence-corrected chi connectivity index (χ2v) is 6.42. The standard InChI is InChI=1S/C15H28N2O4/c1-2-3-14(20)17-6-4-11(5-7-17)8-16-9-12(18)15(21)13(19)10-16/h11-13,15,18-19,21H,2-10H2,1H3/t12-,13+,15?. The molecule has 2 rings (SSSR count). The van der Waals surface area contributed by atoms with Crippen LogP contribution in [0.5, 0.6) is 0 Å². The highest BCUT2D eigenvalue weighted by Crippen LogP contribution is 2.21. The molecule has 2 heterocycles. The van der Waals surface area contributed by atoms with Gasteiger partial charge in [-0.15, -0.1) is 0 Å². The van der Waals surface area contributed by atoms with E-state index in [0.717, 1.165) is 38.9 Å². The Hall–Kier alpha value is -0.690. The second-order valence-electron chi connectivity index (χ2n) is 6.42. The molecule has 2 aliphatic heterocycles. The van der Waals surface area contributed by atoms with E-state index in [1.807, 2.05) is 16.7 Å². The number of nitrogens with zero attached hydrogens (tertiary/aromatic N) is 2. The third-order valence-electron chi connectivity index (χ3n) is 4.63. The van der Waals surface area contributed by atoms with E-state index in [-0.39, 0.29) is 5.91 Å². The molecule has 3 N–H and O–H groups in total. The van der Waals surface area contributed by atoms with Gasteiger partial charge in [-0.05, 0) is 25.2 Å². The number of aliphatic hydroxyl groups excluding tert-OH is 3. The first-order chi connectivity index (χ1) is 10.0. The van der Waals surface area contributed by atoms with Gasteiger partial charge in [-0.2, -0.15) is 0 Å². The molecular weight excluding hydrogens is 272 g/mol. The second kappa shape index (κ2) is 7.54. The summed E-state index contributed by atoms with van der Waals surface area (Å²) in [5.74, 6) is 0.744. The van der Waals surface area contributed by atoms with Crippen LogP contribution in [0.1, 0.15) is 32.6 Å². The molecule has 0 spiro atoms. The third kappa shape index (κ3) is 4.39. The van der Waals surface area contributed by atoms with Crippen LogP contribution in [-0.2, 0) is 4.79 Å². The summed E-state index contributed by atoms with van der Waals surface area (Å²) in [5, 5.41) is 29.0. The van der Waals surface area contributed by atoms with Crippen molar-refractivity contribution in [1.29, 1.82) is 0 Å². The first kappa shape index (κ1) is 16.7. The summed E-state index contributed by atoms with van der Waals surface area (Å²) in [4.78, 5) is 15.8. The van der Waals surface area contributed by atoms with Crippen LogP contribution in [0.3, 0.4) is 0 Å². The van der Waals surface area contributed by atoms with Crippen LogP contribution in [0.4, 0.5) is 0 Å². The number of β-amino-alcohol motifs (C(OH)–C–C–N with tert-alkyl or cyclic N) is 2. The van der Waals surface area contributed by atoms with Crippen LogP contribution >= 0.6 is 0 Å². The molecule has 0 aromatic heterocycles. The molecule has 2 aliphatic rings. The van der Waals surface area contributed by atoms with E-state index in [1.165, 1.54) is 0 Å². The number of piperidine rings is 2. The van der Waals surface area contributed by atoms with E-state index >= 15 is 0 Å². The van der Waals surface area contributed by atoms with Gasteiger partial charge in [-0.25, -0.2) is 0 Å². The number of aliphatic hydroxyl groups is 3. The number of amides is 1. The molecule has 2 saturated heterocycles. The number of hydrogen-bond donors (Lipinski definition) is 3. The van der Waals surface area contributed by atoms with Gasteiger partial charge in [0.2, 0.25) is 5.91 Å². The largest absolute Gasteiger partial charge is 0.389 e. The molecule has 6 nitrogen and oxygen atoms in total. The van der Waals surface area contributed by atoms with Crippen molar-refractivity contribution >= 4 is 5.91 Å². The number of rotatable bonds is 4. The van der Waals surface area contributed by atoms with Crippen LogP contribution in [0, 0.1) is 5.92 Å². The SMILES string of the molecule is CCCC(=O)N1CCC(CN2C[C@@H](O)C(O)[C@@H](O)C2)CC1. The zero-order chi connectivity index (χ0) is 15.4. The maximum absolute atomic E-state index is 11.8. The highest BCUT2D eigenvalue weighted by Gasteiger charge is 2.34. The maximum atomic E-state index is 11.8. The van der Waals surface area contributed by atoms with E-state index in [4.69, 9.17) is 0 Å². The quantitative estimate of drug-likeness (QED) is 0.647. The van der Waals surface area contributed by atoms with Crippen molar-refractivity contribution in [2.45, 2.75) is 50.9 Å². The zero-order valence-corrected chi connectivity index (χ0v) is 12.8. The van der Waals surface area contributed by atoms with Gasteiger partial charge in [0.1, 0.15) is 6.10 Å². The Bertz CT molecular complexity index is 333. The van der Waals surface area contributed by atoms with Gasteiger partial charge in [-0.3, -0.25) is 9.69 Å². The average Bonchev–Trinajstić information content (AvgIpc) is 2.45. The summed E-state index contributed by atoms with van der Waals surface area (Å²) in [6, 6.07) is 0. The lowest BCUT2D eigenvalue weighted by Crippen LogP contribution is -2.56. The maximum Gasteiger partial charge on any atom is 0.222 e. The summed E-state index contributed by atoms with van der Waals surface area (Å²) in [5.41, 5.74) is 0. The van der Waals surface area contributed by atoms with Gasteiger partial charge >= 0.3 is 0 Å². The van der Waals surface area contributed by atoms with E-state index < -0.39 is 18.3 Å². The van der Waals surface area contributed by atoms with E-state index in [0.29, 0.717) is 25.4 Å². The monoisotopic (exact) mass is 300 g/mol. The zero-order valence-electron chi connectivity index (χ0n) is 12.8. The molecule has 2 fully saturated rings. The molecule has 0 aliphatic carbocycles. The van der Waals surface area contributed by atoms with Gasteiger partial charge in [0, 0.05) is 39.1 Å². The predicted octanol–water partition coefficient (Wildman–Crippen LogP) is -0.577. The van der Waals surface area contributed by atoms with Crippen molar-refractivity contribution < 1.29 is 20.1 Å². The molecule has 0 aromatic carbocycles. The minimum Gasteiger partial charge on any atom is -0.389 e. The molecular formula is C15H28N2O4. The molecule has 21 heavy (non-hydrogen) atoms. The van der Waals surface area contributed by atoms with Gasteiger partial charge in [0.15, 0.2) is 0 Å². The summed E-state index contributed by atoms with van der Waals surface area (Å²) < 4.78 is 0. The fraction of sp³-hybridized carbons (Fsp3) is 0.933. The molecule has 0 aromatic rings. The first-order valence-corrected chi connectivity index (χ1v) is 8.05. The minimum absolute atomic E-state index is 0.253. The van der Waals surface area contributed by atoms with Crippen molar-refractivity contribution in [3.8, 4) is 0 Å². The Balaban J connectivity index is 1.75. The summed E-state index contributed by atoms with van der Waals surface area (Å²) in [6.07, 6.45) is 0.689. The van der Waals surface area contributed by atoms with Crippen molar-refractivity contribution in [3.05, 3.63) is 0 Å². The molecule has 122 valence electrons. The Morgan fingerprint density at radius 1 is 1.10 bits per heavy atom. The first-order valence-electron chi connectivity index (χ1n) is 8.05. The fourth-order valence-electron chi connectivity index (χ4n) is 3.33. The van der Waals surface area contributed by atoms with Crippen LogP contribution in [0.2, 0.25) is 0 Å². The van der Waals surface area contributed by atoms with E-state index in [2.05, 4.69) is 0 Å². The van der Waals surface area contributed by atoms with Crippen molar-refractivity contribution in [2.24, 2.45) is 5.92 Å². The highest BCUT2D eigenvalue weighted by molar-refractivity contribution is 5.76. The van der Waals surface area contributed by atoms with Crippen LogP contribution < -0.4 is 0 Å². The third-order valence-corrected chi connectivity index (χ3v) is 4.63. The Morgan fingerprint density at radius 3 is 2.19 bits per heavy atom.